The predicted octanol–water partition coefficient (Wildman–Crippen LogP) is 5.12. The zero-order chi connectivity index (χ0) is 21.9. The van der Waals surface area contributed by atoms with Crippen LogP contribution in [0.2, 0.25) is 0 Å². The molecule has 32 heavy (non-hydrogen) atoms. The van der Waals surface area contributed by atoms with Gasteiger partial charge in [0.1, 0.15) is 11.5 Å². The Morgan fingerprint density at radius 2 is 1.66 bits per heavy atom. The first kappa shape index (κ1) is 20.2. The minimum Gasteiger partial charge on any atom is -0.494 e. The van der Waals surface area contributed by atoms with Crippen LogP contribution in [0.3, 0.4) is 0 Å². The van der Waals surface area contributed by atoms with Crippen molar-refractivity contribution in [1.82, 2.24) is 9.88 Å². The van der Waals surface area contributed by atoms with Crippen molar-refractivity contribution in [3.8, 4) is 11.5 Å². The molecule has 1 N–H and O–H groups in total. The Bertz CT molecular complexity index is 1210. The first-order chi connectivity index (χ1) is 15.7. The zero-order valence-electron chi connectivity index (χ0n) is 18.1. The van der Waals surface area contributed by atoms with E-state index < -0.39 is 0 Å². The molecule has 0 radical (unpaired) electrons. The highest BCUT2D eigenvalue weighted by molar-refractivity contribution is 5.87. The van der Waals surface area contributed by atoms with Crippen LogP contribution in [0.25, 0.3) is 10.9 Å². The highest BCUT2D eigenvalue weighted by Gasteiger charge is 2.34. The minimum atomic E-state index is -0.200. The highest BCUT2D eigenvalue weighted by atomic mass is 16.5. The fourth-order valence-electron chi connectivity index (χ4n) is 4.51. The number of hydrogen-bond donors (Lipinski definition) is 1. The maximum Gasteiger partial charge on any atom is 0.261 e. The van der Waals surface area contributed by atoms with Gasteiger partial charge in [0.05, 0.1) is 12.6 Å². The Kier molecular flexibility index (Phi) is 5.55. The molecule has 0 fully saturated rings. The van der Waals surface area contributed by atoms with E-state index in [1.54, 1.807) is 0 Å². The summed E-state index contributed by atoms with van der Waals surface area (Å²) in [5, 5.41) is 1.23. The van der Waals surface area contributed by atoms with Crippen molar-refractivity contribution >= 4 is 16.8 Å². The summed E-state index contributed by atoms with van der Waals surface area (Å²) >= 11 is 0. The molecule has 5 rings (SSSR count). The standard InChI is InChI=1S/C27H26N2O3/c1-2-31-21-14-12-19(13-15-21)27-26-23(22-10-6-7-11-24(22)28-26)16-17-29(27)25(30)18-32-20-8-4-3-5-9-20/h3-15,27-28H,2,16-18H2,1H3/t27-/m0/s1. The lowest BCUT2D eigenvalue weighted by Crippen LogP contribution is -2.42. The maximum absolute atomic E-state index is 13.3. The predicted molar refractivity (Wildman–Crippen MR) is 125 cm³/mol. The number of benzene rings is 3. The molecule has 5 heteroatoms. The van der Waals surface area contributed by atoms with Gasteiger partial charge in [-0.25, -0.2) is 0 Å². The first-order valence-corrected chi connectivity index (χ1v) is 11.0. The van der Waals surface area contributed by atoms with Gasteiger partial charge in [-0.1, -0.05) is 48.5 Å². The van der Waals surface area contributed by atoms with Crippen LogP contribution >= 0.6 is 0 Å². The summed E-state index contributed by atoms with van der Waals surface area (Å²) in [4.78, 5) is 18.8. The van der Waals surface area contributed by atoms with Crippen molar-refractivity contribution in [3.63, 3.8) is 0 Å². The molecule has 0 saturated carbocycles. The van der Waals surface area contributed by atoms with Gasteiger partial charge in [0.25, 0.3) is 5.91 Å². The van der Waals surface area contributed by atoms with E-state index in [1.165, 1.54) is 10.9 Å². The van der Waals surface area contributed by atoms with Crippen molar-refractivity contribution in [2.75, 3.05) is 19.8 Å². The lowest BCUT2D eigenvalue weighted by atomic mass is 9.92. The number of hydrogen-bond acceptors (Lipinski definition) is 3. The van der Waals surface area contributed by atoms with Gasteiger partial charge in [-0.2, -0.15) is 0 Å². The van der Waals surface area contributed by atoms with Gasteiger partial charge >= 0.3 is 0 Å². The van der Waals surface area contributed by atoms with Crippen LogP contribution in [-0.2, 0) is 11.2 Å². The number of rotatable bonds is 6. The number of H-pyrrole nitrogens is 1. The molecule has 162 valence electrons. The molecular weight excluding hydrogens is 400 g/mol. The molecule has 0 bridgehead atoms. The Morgan fingerprint density at radius 3 is 2.44 bits per heavy atom. The monoisotopic (exact) mass is 426 g/mol. The summed E-state index contributed by atoms with van der Waals surface area (Å²) in [5.74, 6) is 1.49. The summed E-state index contributed by atoms with van der Waals surface area (Å²) in [7, 11) is 0. The van der Waals surface area contributed by atoms with Crippen molar-refractivity contribution in [3.05, 3.63) is 95.7 Å². The average molecular weight is 427 g/mol. The Hall–Kier alpha value is -3.73. The summed E-state index contributed by atoms with van der Waals surface area (Å²) < 4.78 is 11.4. The quantitative estimate of drug-likeness (QED) is 0.466. The number of aromatic amines is 1. The second-order valence-electron chi connectivity index (χ2n) is 7.91. The molecule has 3 aromatic carbocycles. The van der Waals surface area contributed by atoms with E-state index in [-0.39, 0.29) is 18.6 Å². The number of amides is 1. The van der Waals surface area contributed by atoms with Gasteiger partial charge in [-0.3, -0.25) is 4.79 Å². The minimum absolute atomic E-state index is 0.00705. The number of aromatic nitrogens is 1. The van der Waals surface area contributed by atoms with Gasteiger partial charge < -0.3 is 19.4 Å². The van der Waals surface area contributed by atoms with E-state index in [2.05, 4.69) is 35.3 Å². The molecule has 4 aromatic rings. The fourth-order valence-corrected chi connectivity index (χ4v) is 4.51. The summed E-state index contributed by atoms with van der Waals surface area (Å²) in [6.45, 7) is 3.24. The highest BCUT2D eigenvalue weighted by Crippen LogP contribution is 2.38. The zero-order valence-corrected chi connectivity index (χ0v) is 18.1. The largest absolute Gasteiger partial charge is 0.494 e. The van der Waals surface area contributed by atoms with E-state index in [9.17, 15) is 4.79 Å². The number of para-hydroxylation sites is 2. The average Bonchev–Trinajstić information content (AvgIpc) is 3.22. The van der Waals surface area contributed by atoms with Crippen LogP contribution in [0.5, 0.6) is 11.5 Å². The van der Waals surface area contributed by atoms with Crippen molar-refractivity contribution in [2.45, 2.75) is 19.4 Å². The fraction of sp³-hybridized carbons (Fsp3) is 0.222. The van der Waals surface area contributed by atoms with Crippen LogP contribution in [-0.4, -0.2) is 35.5 Å². The lowest BCUT2D eigenvalue weighted by molar-refractivity contribution is -0.135. The molecule has 5 nitrogen and oxygen atoms in total. The van der Waals surface area contributed by atoms with E-state index in [1.807, 2.05) is 60.4 Å². The number of nitrogens with one attached hydrogen (secondary N) is 1. The number of fused-ring (bicyclic) bond motifs is 3. The first-order valence-electron chi connectivity index (χ1n) is 11.0. The number of ether oxygens (including phenoxy) is 2. The van der Waals surface area contributed by atoms with Crippen LogP contribution in [0, 0.1) is 0 Å². The molecule has 1 aliphatic heterocycles. The molecule has 2 heterocycles. The van der Waals surface area contributed by atoms with Crippen LogP contribution < -0.4 is 9.47 Å². The summed E-state index contributed by atoms with van der Waals surface area (Å²) in [5.41, 5.74) is 4.51. The van der Waals surface area contributed by atoms with Crippen molar-refractivity contribution < 1.29 is 14.3 Å². The molecule has 0 aliphatic carbocycles. The molecule has 1 atom stereocenters. The van der Waals surface area contributed by atoms with Gasteiger partial charge in [0.2, 0.25) is 0 Å². The third kappa shape index (κ3) is 3.82. The van der Waals surface area contributed by atoms with E-state index in [0.717, 1.165) is 28.9 Å². The van der Waals surface area contributed by atoms with Gasteiger partial charge in [-0.05, 0) is 54.8 Å². The van der Waals surface area contributed by atoms with Crippen molar-refractivity contribution in [1.29, 1.82) is 0 Å². The molecule has 1 amide bonds. The van der Waals surface area contributed by atoms with Crippen molar-refractivity contribution in [2.24, 2.45) is 0 Å². The van der Waals surface area contributed by atoms with Crippen LogP contribution in [0.15, 0.2) is 78.9 Å². The molecule has 1 aliphatic rings. The van der Waals surface area contributed by atoms with Gasteiger partial charge in [0, 0.05) is 23.1 Å². The van der Waals surface area contributed by atoms with Crippen LogP contribution in [0.1, 0.15) is 29.8 Å². The smallest absolute Gasteiger partial charge is 0.261 e. The number of nitrogens with zero attached hydrogens (tertiary/aromatic N) is 1. The van der Waals surface area contributed by atoms with Crippen LogP contribution in [0.4, 0.5) is 0 Å². The Morgan fingerprint density at radius 1 is 0.938 bits per heavy atom. The van der Waals surface area contributed by atoms with Gasteiger partial charge in [0.15, 0.2) is 6.61 Å². The van der Waals surface area contributed by atoms with E-state index in [0.29, 0.717) is 18.9 Å². The third-order valence-corrected chi connectivity index (χ3v) is 5.97. The van der Waals surface area contributed by atoms with Gasteiger partial charge in [-0.15, -0.1) is 0 Å². The normalized spacial score (nSPS) is 15.4. The number of carbonyl (C=O) groups excluding carboxylic acids is 1. The van der Waals surface area contributed by atoms with E-state index in [4.69, 9.17) is 9.47 Å². The molecule has 0 spiro atoms. The molecule has 1 aromatic heterocycles. The lowest BCUT2D eigenvalue weighted by Gasteiger charge is -2.36. The third-order valence-electron chi connectivity index (χ3n) is 5.97. The molecule has 0 saturated heterocycles. The molecular formula is C27H26N2O3. The van der Waals surface area contributed by atoms with E-state index >= 15 is 0 Å². The molecule has 0 unspecified atom stereocenters. The SMILES string of the molecule is CCOc1ccc([C@H]2c3[nH]c4ccccc4c3CCN2C(=O)COc2ccccc2)cc1. The summed E-state index contributed by atoms with van der Waals surface area (Å²) in [6, 6.07) is 25.6. The second kappa shape index (κ2) is 8.79. The topological polar surface area (TPSA) is 54.6 Å². The Labute approximate surface area is 187 Å². The maximum atomic E-state index is 13.3. The summed E-state index contributed by atoms with van der Waals surface area (Å²) in [6.07, 6.45) is 0.809. The number of carbonyl (C=O) groups is 1. The second-order valence-corrected chi connectivity index (χ2v) is 7.91. The Balaban J connectivity index is 1.49.